The van der Waals surface area contributed by atoms with Gasteiger partial charge in [0.15, 0.2) is 5.69 Å². The van der Waals surface area contributed by atoms with Crippen LogP contribution in [0.25, 0.3) is 0 Å². The van der Waals surface area contributed by atoms with Crippen LogP contribution in [0.4, 0.5) is 11.5 Å². The fourth-order valence-corrected chi connectivity index (χ4v) is 1.36. The monoisotopic (exact) mass is 245 g/mol. The van der Waals surface area contributed by atoms with E-state index in [4.69, 9.17) is 9.84 Å². The maximum absolute atomic E-state index is 10.8. The molecule has 0 saturated heterocycles. The number of carbonyl (C=O) groups is 1. The average molecular weight is 245 g/mol. The molecule has 6 nitrogen and oxygen atoms in total. The van der Waals surface area contributed by atoms with Gasteiger partial charge in [-0.3, -0.25) is 0 Å². The summed E-state index contributed by atoms with van der Waals surface area (Å²) < 4.78 is 5.04. The fourth-order valence-electron chi connectivity index (χ4n) is 1.36. The molecule has 0 unspecified atom stereocenters. The van der Waals surface area contributed by atoms with Crippen LogP contribution in [0.1, 0.15) is 10.5 Å². The SMILES string of the molecule is COc1ccc(Nc2cc(C(=O)O)ncn2)cc1. The Kier molecular flexibility index (Phi) is 3.38. The minimum Gasteiger partial charge on any atom is -0.497 e. The Balaban J connectivity index is 2.17. The Morgan fingerprint density at radius 1 is 1.28 bits per heavy atom. The molecule has 6 heteroatoms. The van der Waals surface area contributed by atoms with Crippen molar-refractivity contribution in [3.63, 3.8) is 0 Å². The highest BCUT2D eigenvalue weighted by Gasteiger charge is 2.06. The smallest absolute Gasteiger partial charge is 0.354 e. The van der Waals surface area contributed by atoms with Gasteiger partial charge >= 0.3 is 5.97 Å². The van der Waals surface area contributed by atoms with E-state index in [-0.39, 0.29) is 5.69 Å². The topological polar surface area (TPSA) is 84.3 Å². The number of hydrogen-bond donors (Lipinski definition) is 2. The van der Waals surface area contributed by atoms with Crippen LogP contribution < -0.4 is 10.1 Å². The number of nitrogens with one attached hydrogen (secondary N) is 1. The van der Waals surface area contributed by atoms with Crippen molar-refractivity contribution < 1.29 is 14.6 Å². The van der Waals surface area contributed by atoms with Crippen molar-refractivity contribution >= 4 is 17.5 Å². The Bertz CT molecular complexity index is 555. The molecule has 0 saturated carbocycles. The quantitative estimate of drug-likeness (QED) is 0.856. The summed E-state index contributed by atoms with van der Waals surface area (Å²) in [6.45, 7) is 0. The van der Waals surface area contributed by atoms with Crippen LogP contribution in [0.2, 0.25) is 0 Å². The molecular formula is C12H11N3O3. The summed E-state index contributed by atoms with van der Waals surface area (Å²) in [5.74, 6) is 0.0808. The number of anilines is 2. The van der Waals surface area contributed by atoms with E-state index in [9.17, 15) is 4.79 Å². The number of carboxylic acids is 1. The summed E-state index contributed by atoms with van der Waals surface area (Å²) in [6.07, 6.45) is 1.20. The van der Waals surface area contributed by atoms with Crippen LogP contribution in [0.3, 0.4) is 0 Å². The van der Waals surface area contributed by atoms with Gasteiger partial charge in [-0.05, 0) is 24.3 Å². The Labute approximate surface area is 103 Å². The lowest BCUT2D eigenvalue weighted by atomic mass is 10.3. The summed E-state index contributed by atoms with van der Waals surface area (Å²) in [7, 11) is 1.59. The second-order valence-electron chi connectivity index (χ2n) is 3.45. The van der Waals surface area contributed by atoms with E-state index in [0.29, 0.717) is 5.82 Å². The average Bonchev–Trinajstić information content (AvgIpc) is 2.40. The molecule has 0 spiro atoms. The lowest BCUT2D eigenvalue weighted by Gasteiger charge is -2.06. The van der Waals surface area contributed by atoms with Crippen LogP contribution in [-0.2, 0) is 0 Å². The maximum Gasteiger partial charge on any atom is 0.354 e. The van der Waals surface area contributed by atoms with Crippen LogP contribution in [0, 0.1) is 0 Å². The molecular weight excluding hydrogens is 234 g/mol. The predicted molar refractivity (Wildman–Crippen MR) is 65.3 cm³/mol. The van der Waals surface area contributed by atoms with E-state index in [2.05, 4.69) is 15.3 Å². The van der Waals surface area contributed by atoms with Crippen molar-refractivity contribution in [2.75, 3.05) is 12.4 Å². The number of methoxy groups -OCH3 is 1. The highest BCUT2D eigenvalue weighted by atomic mass is 16.5. The number of carboxylic acid groups (broad SMARTS) is 1. The maximum atomic E-state index is 10.8. The van der Waals surface area contributed by atoms with Gasteiger partial charge in [0.05, 0.1) is 7.11 Å². The van der Waals surface area contributed by atoms with Crippen LogP contribution in [0.5, 0.6) is 5.75 Å². The van der Waals surface area contributed by atoms with Gasteiger partial charge < -0.3 is 15.2 Å². The van der Waals surface area contributed by atoms with Crippen molar-refractivity contribution in [1.82, 2.24) is 9.97 Å². The van der Waals surface area contributed by atoms with Gasteiger partial charge in [-0.1, -0.05) is 0 Å². The van der Waals surface area contributed by atoms with E-state index in [1.165, 1.54) is 12.4 Å². The normalized spacial score (nSPS) is 9.83. The van der Waals surface area contributed by atoms with Gasteiger partial charge in [0.2, 0.25) is 0 Å². The number of rotatable bonds is 4. The van der Waals surface area contributed by atoms with Gasteiger partial charge in [-0.15, -0.1) is 0 Å². The molecule has 0 amide bonds. The van der Waals surface area contributed by atoms with Crippen LogP contribution >= 0.6 is 0 Å². The molecule has 1 heterocycles. The molecule has 0 fully saturated rings. The third-order valence-corrected chi connectivity index (χ3v) is 2.25. The van der Waals surface area contributed by atoms with Crippen molar-refractivity contribution in [2.24, 2.45) is 0 Å². The highest BCUT2D eigenvalue weighted by Crippen LogP contribution is 2.18. The second kappa shape index (κ2) is 5.13. The molecule has 0 atom stereocenters. The minimum atomic E-state index is -1.09. The van der Waals surface area contributed by atoms with Crippen molar-refractivity contribution in [2.45, 2.75) is 0 Å². The van der Waals surface area contributed by atoms with Crippen LogP contribution in [0.15, 0.2) is 36.7 Å². The lowest BCUT2D eigenvalue weighted by Crippen LogP contribution is -2.02. The molecule has 0 aliphatic rings. The van der Waals surface area contributed by atoms with Gasteiger partial charge in [0.25, 0.3) is 0 Å². The van der Waals surface area contributed by atoms with Crippen LogP contribution in [-0.4, -0.2) is 28.2 Å². The first kappa shape index (κ1) is 11.8. The molecule has 1 aromatic carbocycles. The summed E-state index contributed by atoms with van der Waals surface area (Å²) in [4.78, 5) is 18.3. The predicted octanol–water partition coefficient (Wildman–Crippen LogP) is 1.93. The standard InChI is InChI=1S/C12H11N3O3/c1-18-9-4-2-8(3-5-9)15-11-6-10(12(16)17)13-7-14-11/h2-7H,1H3,(H,16,17)(H,13,14,15). The zero-order valence-electron chi connectivity index (χ0n) is 9.62. The molecule has 0 aliphatic heterocycles. The van der Waals surface area contributed by atoms with Gasteiger partial charge in [0.1, 0.15) is 17.9 Å². The molecule has 2 rings (SSSR count). The van der Waals surface area contributed by atoms with E-state index >= 15 is 0 Å². The molecule has 0 radical (unpaired) electrons. The highest BCUT2D eigenvalue weighted by molar-refractivity contribution is 5.86. The molecule has 18 heavy (non-hydrogen) atoms. The lowest BCUT2D eigenvalue weighted by molar-refractivity contribution is 0.0690. The summed E-state index contributed by atoms with van der Waals surface area (Å²) in [6, 6.07) is 8.57. The molecule has 92 valence electrons. The summed E-state index contributed by atoms with van der Waals surface area (Å²) in [5, 5.41) is 11.8. The first-order valence-electron chi connectivity index (χ1n) is 5.15. The van der Waals surface area contributed by atoms with Crippen molar-refractivity contribution in [1.29, 1.82) is 0 Å². The third-order valence-electron chi connectivity index (χ3n) is 2.25. The summed E-state index contributed by atoms with van der Waals surface area (Å²) >= 11 is 0. The number of nitrogens with zero attached hydrogens (tertiary/aromatic N) is 2. The largest absolute Gasteiger partial charge is 0.497 e. The van der Waals surface area contributed by atoms with Crippen molar-refractivity contribution in [3.8, 4) is 5.75 Å². The number of hydrogen-bond acceptors (Lipinski definition) is 5. The number of benzene rings is 1. The Hall–Kier alpha value is -2.63. The zero-order chi connectivity index (χ0) is 13.0. The van der Waals surface area contributed by atoms with E-state index in [1.807, 2.05) is 0 Å². The first-order chi connectivity index (χ1) is 8.69. The molecule has 0 aliphatic carbocycles. The van der Waals surface area contributed by atoms with Gasteiger partial charge in [-0.2, -0.15) is 0 Å². The molecule has 2 aromatic rings. The second-order valence-corrected chi connectivity index (χ2v) is 3.45. The van der Waals surface area contributed by atoms with Crippen molar-refractivity contribution in [3.05, 3.63) is 42.4 Å². The first-order valence-corrected chi connectivity index (χ1v) is 5.15. The Morgan fingerprint density at radius 2 is 2.00 bits per heavy atom. The van der Waals surface area contributed by atoms with E-state index in [1.54, 1.807) is 31.4 Å². The molecule has 1 aromatic heterocycles. The minimum absolute atomic E-state index is 0.0546. The van der Waals surface area contributed by atoms with Gasteiger partial charge in [0, 0.05) is 11.8 Å². The van der Waals surface area contributed by atoms with E-state index < -0.39 is 5.97 Å². The van der Waals surface area contributed by atoms with E-state index in [0.717, 1.165) is 11.4 Å². The number of aromatic nitrogens is 2. The van der Waals surface area contributed by atoms with Gasteiger partial charge in [-0.25, -0.2) is 14.8 Å². The Morgan fingerprint density at radius 3 is 2.61 bits per heavy atom. The molecule has 0 bridgehead atoms. The third kappa shape index (κ3) is 2.73. The molecule has 2 N–H and O–H groups in total. The zero-order valence-corrected chi connectivity index (χ0v) is 9.62. The summed E-state index contributed by atoms with van der Waals surface area (Å²) in [5.41, 5.74) is 0.729. The fraction of sp³-hybridized carbons (Fsp3) is 0.0833. The number of ether oxygens (including phenoxy) is 1. The number of aromatic carboxylic acids is 1.